The van der Waals surface area contributed by atoms with E-state index in [9.17, 15) is 22.4 Å². The number of carbonyl (C=O) groups excluding carboxylic acids is 1. The highest BCUT2D eigenvalue weighted by molar-refractivity contribution is 6.11. The summed E-state index contributed by atoms with van der Waals surface area (Å²) in [6.45, 7) is 4.31. The van der Waals surface area contributed by atoms with Gasteiger partial charge in [0.05, 0.1) is 23.9 Å². The second-order valence-corrected chi connectivity index (χ2v) is 8.66. The number of hydrogen-bond donors (Lipinski definition) is 1. The summed E-state index contributed by atoms with van der Waals surface area (Å²) in [4.78, 5) is 26.6. The van der Waals surface area contributed by atoms with Crippen LogP contribution in [0.4, 0.5) is 29.1 Å². The number of benzene rings is 1. The van der Waals surface area contributed by atoms with E-state index in [2.05, 4.69) is 25.0 Å². The van der Waals surface area contributed by atoms with Crippen molar-refractivity contribution in [3.05, 3.63) is 65.1 Å². The normalized spacial score (nSPS) is 18.1. The van der Waals surface area contributed by atoms with Gasteiger partial charge in [0.15, 0.2) is 0 Å². The van der Waals surface area contributed by atoms with Crippen LogP contribution in [0, 0.1) is 11.7 Å². The number of aliphatic imine (C=N–C) groups is 2. The van der Waals surface area contributed by atoms with Crippen molar-refractivity contribution >= 4 is 29.0 Å². The molecule has 2 aliphatic heterocycles. The lowest BCUT2D eigenvalue weighted by Crippen LogP contribution is -2.32. The molecule has 0 aliphatic carbocycles. The van der Waals surface area contributed by atoms with Gasteiger partial charge in [0, 0.05) is 42.9 Å². The predicted molar refractivity (Wildman–Crippen MR) is 129 cm³/mol. The number of pyridine rings is 1. The quantitative estimate of drug-likeness (QED) is 0.453. The molecular formula is C25H25F4N5O2. The lowest BCUT2D eigenvalue weighted by atomic mass is 10.0. The zero-order valence-corrected chi connectivity index (χ0v) is 19.9. The lowest BCUT2D eigenvalue weighted by Gasteiger charge is -2.26. The number of alkyl halides is 3. The monoisotopic (exact) mass is 503 g/mol. The third kappa shape index (κ3) is 5.24. The topological polar surface area (TPSA) is 79.2 Å². The van der Waals surface area contributed by atoms with Crippen LogP contribution in [0.2, 0.25) is 0 Å². The zero-order valence-electron chi connectivity index (χ0n) is 19.9. The van der Waals surface area contributed by atoms with Crippen LogP contribution in [0.15, 0.2) is 58.2 Å². The number of nitrogens with one attached hydrogen (secondary N) is 1. The van der Waals surface area contributed by atoms with Gasteiger partial charge in [0.2, 0.25) is 0 Å². The van der Waals surface area contributed by atoms with E-state index < -0.39 is 29.7 Å². The van der Waals surface area contributed by atoms with E-state index in [-0.39, 0.29) is 30.4 Å². The Labute approximate surface area is 205 Å². The first-order chi connectivity index (χ1) is 17.1. The predicted octanol–water partition coefficient (Wildman–Crippen LogP) is 5.11. The third-order valence-electron chi connectivity index (χ3n) is 5.87. The van der Waals surface area contributed by atoms with Crippen LogP contribution in [-0.2, 0) is 10.9 Å². The number of halogens is 4. The van der Waals surface area contributed by atoms with E-state index in [0.29, 0.717) is 29.2 Å². The van der Waals surface area contributed by atoms with Crippen molar-refractivity contribution in [3.8, 4) is 0 Å². The summed E-state index contributed by atoms with van der Waals surface area (Å²) in [6.07, 6.45) is -1.68. The molecule has 7 nitrogen and oxygen atoms in total. The molecule has 11 heteroatoms. The van der Waals surface area contributed by atoms with Crippen LogP contribution in [0.5, 0.6) is 0 Å². The van der Waals surface area contributed by atoms with Crippen molar-refractivity contribution < 1.29 is 27.1 Å². The lowest BCUT2D eigenvalue weighted by molar-refractivity contribution is -0.137. The number of hydrogen-bond acceptors (Lipinski definition) is 7. The maximum Gasteiger partial charge on any atom is 0.419 e. The molecule has 4 rings (SSSR count). The molecule has 190 valence electrons. The molecule has 1 atom stereocenters. The molecular weight excluding hydrogens is 478 g/mol. The minimum Gasteiger partial charge on any atom is -0.465 e. The smallest absolute Gasteiger partial charge is 0.419 e. The van der Waals surface area contributed by atoms with Gasteiger partial charge >= 0.3 is 12.1 Å². The summed E-state index contributed by atoms with van der Waals surface area (Å²) in [7, 11) is 1.17. The summed E-state index contributed by atoms with van der Waals surface area (Å²) >= 11 is 0. The molecule has 0 spiro atoms. The van der Waals surface area contributed by atoms with Gasteiger partial charge in [0.1, 0.15) is 23.6 Å². The SMILES string of the molecule is COC(=O)c1ccc(NC2N=C(C(C)C)N=C3CCN(c4ncccc4C(F)(F)F)CC=C32)cc1F. The van der Waals surface area contributed by atoms with Gasteiger partial charge < -0.3 is 15.0 Å². The number of methoxy groups -OCH3 is 1. The number of nitrogens with zero attached hydrogens (tertiary/aromatic N) is 4. The maximum atomic E-state index is 14.5. The fourth-order valence-electron chi connectivity index (χ4n) is 4.05. The highest BCUT2D eigenvalue weighted by Crippen LogP contribution is 2.36. The van der Waals surface area contributed by atoms with E-state index in [4.69, 9.17) is 0 Å². The molecule has 0 fully saturated rings. The molecule has 0 saturated heterocycles. The maximum absolute atomic E-state index is 14.5. The average Bonchev–Trinajstić information content (AvgIpc) is 3.06. The van der Waals surface area contributed by atoms with E-state index in [1.54, 1.807) is 17.0 Å². The van der Waals surface area contributed by atoms with Crippen molar-refractivity contribution in [2.75, 3.05) is 30.4 Å². The highest BCUT2D eigenvalue weighted by atomic mass is 19.4. The van der Waals surface area contributed by atoms with Crippen molar-refractivity contribution in [2.45, 2.75) is 32.6 Å². The number of amidine groups is 1. The molecule has 1 aromatic carbocycles. The summed E-state index contributed by atoms with van der Waals surface area (Å²) in [5.74, 6) is -1.11. The molecule has 2 aliphatic rings. The Balaban J connectivity index is 1.66. The van der Waals surface area contributed by atoms with Crippen molar-refractivity contribution in [1.82, 2.24) is 4.98 Å². The molecule has 1 aromatic heterocycles. The molecule has 0 amide bonds. The molecule has 0 radical (unpaired) electrons. The molecule has 3 heterocycles. The first-order valence-electron chi connectivity index (χ1n) is 11.4. The van der Waals surface area contributed by atoms with Crippen molar-refractivity contribution in [3.63, 3.8) is 0 Å². The van der Waals surface area contributed by atoms with Crippen LogP contribution in [-0.4, -0.2) is 48.9 Å². The highest BCUT2D eigenvalue weighted by Gasteiger charge is 2.36. The van der Waals surface area contributed by atoms with Crippen LogP contribution >= 0.6 is 0 Å². The third-order valence-corrected chi connectivity index (χ3v) is 5.87. The van der Waals surface area contributed by atoms with Gasteiger partial charge in [-0.25, -0.2) is 24.2 Å². The number of fused-ring (bicyclic) bond motifs is 1. The van der Waals surface area contributed by atoms with Crippen molar-refractivity contribution in [2.24, 2.45) is 15.9 Å². The van der Waals surface area contributed by atoms with Gasteiger partial charge in [-0.05, 0) is 30.3 Å². The average molecular weight is 504 g/mol. The fraction of sp³-hybridized carbons (Fsp3) is 0.360. The molecule has 0 bridgehead atoms. The fourth-order valence-corrected chi connectivity index (χ4v) is 4.05. The Morgan fingerprint density at radius 3 is 2.69 bits per heavy atom. The van der Waals surface area contributed by atoms with Gasteiger partial charge in [-0.3, -0.25) is 0 Å². The van der Waals surface area contributed by atoms with E-state index in [0.717, 1.165) is 6.07 Å². The molecule has 36 heavy (non-hydrogen) atoms. The summed E-state index contributed by atoms with van der Waals surface area (Å²) in [5.41, 5.74) is 0.781. The number of aromatic nitrogens is 1. The first-order valence-corrected chi connectivity index (χ1v) is 11.4. The summed E-state index contributed by atoms with van der Waals surface area (Å²) in [6, 6.07) is 6.31. The van der Waals surface area contributed by atoms with Crippen LogP contribution in [0.25, 0.3) is 0 Å². The summed E-state index contributed by atoms with van der Waals surface area (Å²) < 4.78 is 59.8. The van der Waals surface area contributed by atoms with Crippen LogP contribution < -0.4 is 10.2 Å². The van der Waals surface area contributed by atoms with Gasteiger partial charge in [-0.1, -0.05) is 19.9 Å². The molecule has 1 unspecified atom stereocenters. The molecule has 1 N–H and O–H groups in total. The summed E-state index contributed by atoms with van der Waals surface area (Å²) in [5, 5.41) is 3.17. The minimum absolute atomic E-state index is 0.00577. The Bertz CT molecular complexity index is 1250. The second-order valence-electron chi connectivity index (χ2n) is 8.66. The van der Waals surface area contributed by atoms with E-state index in [1.165, 1.54) is 31.5 Å². The van der Waals surface area contributed by atoms with Gasteiger partial charge in [0.25, 0.3) is 0 Å². The van der Waals surface area contributed by atoms with Crippen LogP contribution in [0.3, 0.4) is 0 Å². The number of anilines is 2. The second kappa shape index (κ2) is 10.1. The molecule has 0 saturated carbocycles. The Morgan fingerprint density at radius 1 is 1.25 bits per heavy atom. The Hall–Kier alpha value is -3.76. The standard InChI is InChI=1S/C25H25F4N5O2/c1-14(2)21-32-20-9-12-34(23-18(25(27,28)29)5-4-10-30-23)11-8-17(20)22(33-21)31-15-6-7-16(19(26)13-15)24(35)36-3/h4-8,10,13-14,22,31H,9,11-12H2,1-3H3. The molecule has 2 aromatic rings. The Morgan fingerprint density at radius 2 is 2.03 bits per heavy atom. The first kappa shape index (κ1) is 25.3. The Kier molecular flexibility index (Phi) is 7.09. The number of ether oxygens (including phenoxy) is 1. The number of esters is 1. The van der Waals surface area contributed by atoms with E-state index in [1.807, 2.05) is 13.8 Å². The largest absolute Gasteiger partial charge is 0.465 e. The van der Waals surface area contributed by atoms with Gasteiger partial charge in [-0.2, -0.15) is 13.2 Å². The minimum atomic E-state index is -4.54. The number of rotatable bonds is 5. The zero-order chi connectivity index (χ0) is 26.0. The van der Waals surface area contributed by atoms with Crippen molar-refractivity contribution in [1.29, 1.82) is 0 Å². The number of carbonyl (C=O) groups is 1. The van der Waals surface area contributed by atoms with Gasteiger partial charge in [-0.15, -0.1) is 0 Å². The van der Waals surface area contributed by atoms with E-state index >= 15 is 0 Å². The van der Waals surface area contributed by atoms with Crippen LogP contribution in [0.1, 0.15) is 36.2 Å².